The Morgan fingerprint density at radius 1 is 1.10 bits per heavy atom. The fourth-order valence-corrected chi connectivity index (χ4v) is 3.55. The van der Waals surface area contributed by atoms with Crippen LogP contribution in [0.2, 0.25) is 0 Å². The molecule has 0 spiro atoms. The van der Waals surface area contributed by atoms with Gasteiger partial charge in [-0.15, -0.1) is 0 Å². The van der Waals surface area contributed by atoms with Gasteiger partial charge in [0.1, 0.15) is 0 Å². The Hall–Kier alpha value is -3.38. The van der Waals surface area contributed by atoms with Crippen molar-refractivity contribution in [3.8, 4) is 22.5 Å². The number of carbonyl (C=O) groups excluding carboxylic acids is 1. The minimum absolute atomic E-state index is 0.0699. The fraction of sp³-hybridized carbons (Fsp3) is 0.250. The largest absolute Gasteiger partial charge is 0.328 e. The minimum atomic E-state index is 0.0699. The zero-order valence-corrected chi connectivity index (χ0v) is 17.0. The number of rotatable bonds is 8. The lowest BCUT2D eigenvalue weighted by molar-refractivity contribution is 0.0977. The molecule has 4 aromatic rings. The van der Waals surface area contributed by atoms with E-state index in [0.717, 1.165) is 29.7 Å². The van der Waals surface area contributed by atoms with Crippen LogP contribution in [0.3, 0.4) is 0 Å². The van der Waals surface area contributed by atoms with Crippen molar-refractivity contribution < 1.29 is 4.79 Å². The van der Waals surface area contributed by atoms with Crippen LogP contribution in [0.25, 0.3) is 28.2 Å². The van der Waals surface area contributed by atoms with Crippen LogP contribution in [0.4, 0.5) is 0 Å². The van der Waals surface area contributed by atoms with Crippen LogP contribution in [0.15, 0.2) is 67.1 Å². The molecule has 3 heterocycles. The predicted octanol–water partition coefficient (Wildman–Crippen LogP) is 4.55. The Morgan fingerprint density at radius 2 is 1.93 bits per heavy atom. The van der Waals surface area contributed by atoms with Gasteiger partial charge in [0.05, 0.1) is 23.1 Å². The van der Waals surface area contributed by atoms with Crippen molar-refractivity contribution in [2.45, 2.75) is 38.6 Å². The maximum absolute atomic E-state index is 12.7. The number of hydrogen-bond acceptors (Lipinski definition) is 5. The summed E-state index contributed by atoms with van der Waals surface area (Å²) in [4.78, 5) is 21.9. The van der Waals surface area contributed by atoms with E-state index in [1.54, 1.807) is 23.0 Å². The number of fused-ring (bicyclic) bond motifs is 1. The first kappa shape index (κ1) is 19.9. The number of Topliss-reactive ketones (excluding diaryl/α,β-unsaturated/α-hetero) is 1. The van der Waals surface area contributed by atoms with Crippen molar-refractivity contribution in [1.82, 2.24) is 19.6 Å². The molecule has 0 aliphatic rings. The summed E-state index contributed by atoms with van der Waals surface area (Å²) in [6.45, 7) is 2.10. The Balaban J connectivity index is 1.63. The Morgan fingerprint density at radius 3 is 2.73 bits per heavy atom. The number of nitrogens with two attached hydrogens (primary N) is 1. The van der Waals surface area contributed by atoms with E-state index in [2.05, 4.69) is 17.0 Å². The third kappa shape index (κ3) is 4.28. The summed E-state index contributed by atoms with van der Waals surface area (Å²) in [6, 6.07) is 15.6. The lowest BCUT2D eigenvalue weighted by atomic mass is 10.0. The van der Waals surface area contributed by atoms with Crippen LogP contribution in [-0.4, -0.2) is 31.4 Å². The quantitative estimate of drug-likeness (QED) is 0.439. The molecule has 0 radical (unpaired) electrons. The molecule has 0 saturated carbocycles. The minimum Gasteiger partial charge on any atom is -0.328 e. The predicted molar refractivity (Wildman–Crippen MR) is 118 cm³/mol. The summed E-state index contributed by atoms with van der Waals surface area (Å²) in [7, 11) is 0. The van der Waals surface area contributed by atoms with Crippen molar-refractivity contribution in [2.24, 2.45) is 5.73 Å². The van der Waals surface area contributed by atoms with Gasteiger partial charge >= 0.3 is 0 Å². The molecule has 152 valence electrons. The van der Waals surface area contributed by atoms with Gasteiger partial charge in [-0.2, -0.15) is 5.10 Å². The molecule has 0 fully saturated rings. The first-order valence-electron chi connectivity index (χ1n) is 10.3. The highest BCUT2D eigenvalue weighted by Gasteiger charge is 2.14. The monoisotopic (exact) mass is 399 g/mol. The van der Waals surface area contributed by atoms with Gasteiger partial charge in [0.25, 0.3) is 0 Å². The van der Waals surface area contributed by atoms with Crippen molar-refractivity contribution in [3.05, 3.63) is 72.7 Å². The Labute approximate surface area is 175 Å². The summed E-state index contributed by atoms with van der Waals surface area (Å²) in [5.41, 5.74) is 10.8. The first-order valence-corrected chi connectivity index (χ1v) is 10.3. The molecule has 0 saturated heterocycles. The second-order valence-corrected chi connectivity index (χ2v) is 7.45. The highest BCUT2D eigenvalue weighted by atomic mass is 16.1. The van der Waals surface area contributed by atoms with Gasteiger partial charge in [0.15, 0.2) is 11.4 Å². The lowest BCUT2D eigenvalue weighted by Gasteiger charge is -2.09. The summed E-state index contributed by atoms with van der Waals surface area (Å²) < 4.78 is 1.72. The standard InChI is InChI=1S/C24H25N5O/c1-2-6-19(25)9-10-23(30)18-11-13-26-22(15-18)20-16-27-29-14-12-21(28-24(20)29)17-7-4-3-5-8-17/h3-5,7-8,11-16,19H,2,6,9-10,25H2,1H3. The first-order chi connectivity index (χ1) is 14.7. The van der Waals surface area contributed by atoms with Gasteiger partial charge in [-0.3, -0.25) is 9.78 Å². The average Bonchev–Trinajstić information content (AvgIpc) is 3.21. The topological polar surface area (TPSA) is 86.2 Å². The lowest BCUT2D eigenvalue weighted by Crippen LogP contribution is -2.20. The SMILES string of the molecule is CCCC(N)CCC(=O)c1ccnc(-c2cnn3ccc(-c4ccccc4)nc23)c1. The smallest absolute Gasteiger partial charge is 0.164 e. The van der Waals surface area contributed by atoms with Crippen LogP contribution in [0, 0.1) is 0 Å². The average molecular weight is 399 g/mol. The molecule has 0 aliphatic carbocycles. The highest BCUT2D eigenvalue weighted by molar-refractivity contribution is 5.97. The molecule has 6 heteroatoms. The van der Waals surface area contributed by atoms with Crippen molar-refractivity contribution in [3.63, 3.8) is 0 Å². The number of ketones is 1. The molecule has 1 aromatic carbocycles. The van der Waals surface area contributed by atoms with E-state index in [4.69, 9.17) is 10.7 Å². The molecule has 1 atom stereocenters. The summed E-state index contributed by atoms with van der Waals surface area (Å²) >= 11 is 0. The molecular weight excluding hydrogens is 374 g/mol. The third-order valence-corrected chi connectivity index (χ3v) is 5.20. The van der Waals surface area contributed by atoms with E-state index >= 15 is 0 Å². The van der Waals surface area contributed by atoms with Gasteiger partial charge in [-0.05, 0) is 31.0 Å². The van der Waals surface area contributed by atoms with Crippen LogP contribution in [0.1, 0.15) is 43.0 Å². The van der Waals surface area contributed by atoms with Gasteiger partial charge in [-0.25, -0.2) is 9.50 Å². The maximum atomic E-state index is 12.7. The third-order valence-electron chi connectivity index (χ3n) is 5.20. The van der Waals surface area contributed by atoms with Gasteiger partial charge < -0.3 is 5.73 Å². The normalized spacial score (nSPS) is 12.2. The summed E-state index contributed by atoms with van der Waals surface area (Å²) in [5.74, 6) is 0.0830. The molecule has 6 nitrogen and oxygen atoms in total. The molecule has 1 unspecified atom stereocenters. The molecular formula is C24H25N5O. The molecule has 4 rings (SSSR count). The second-order valence-electron chi connectivity index (χ2n) is 7.45. The molecule has 3 aromatic heterocycles. The van der Waals surface area contributed by atoms with Crippen LogP contribution in [0.5, 0.6) is 0 Å². The number of nitrogens with zero attached hydrogens (tertiary/aromatic N) is 4. The van der Waals surface area contributed by atoms with E-state index in [1.807, 2.05) is 48.7 Å². The summed E-state index contributed by atoms with van der Waals surface area (Å²) in [5, 5.41) is 4.40. The number of hydrogen-bond donors (Lipinski definition) is 1. The van der Waals surface area contributed by atoms with Gasteiger partial charge in [0, 0.05) is 36.0 Å². The number of benzene rings is 1. The van der Waals surface area contributed by atoms with Crippen molar-refractivity contribution >= 4 is 11.4 Å². The van der Waals surface area contributed by atoms with E-state index in [-0.39, 0.29) is 11.8 Å². The highest BCUT2D eigenvalue weighted by Crippen LogP contribution is 2.25. The van der Waals surface area contributed by atoms with E-state index in [9.17, 15) is 4.79 Å². The Bertz CT molecular complexity index is 1150. The molecule has 0 aliphatic heterocycles. The molecule has 0 amide bonds. The number of aromatic nitrogens is 4. The second kappa shape index (κ2) is 8.97. The van der Waals surface area contributed by atoms with Crippen LogP contribution >= 0.6 is 0 Å². The zero-order valence-electron chi connectivity index (χ0n) is 17.0. The zero-order chi connectivity index (χ0) is 20.9. The van der Waals surface area contributed by atoms with Gasteiger partial charge in [0.2, 0.25) is 0 Å². The van der Waals surface area contributed by atoms with Crippen LogP contribution in [-0.2, 0) is 0 Å². The van der Waals surface area contributed by atoms with Crippen molar-refractivity contribution in [1.29, 1.82) is 0 Å². The maximum Gasteiger partial charge on any atom is 0.164 e. The summed E-state index contributed by atoms with van der Waals surface area (Å²) in [6.07, 6.45) is 8.40. The molecule has 0 bridgehead atoms. The van der Waals surface area contributed by atoms with E-state index < -0.39 is 0 Å². The van der Waals surface area contributed by atoms with E-state index in [1.165, 1.54) is 0 Å². The van der Waals surface area contributed by atoms with Gasteiger partial charge in [-0.1, -0.05) is 43.7 Å². The molecule has 2 N–H and O–H groups in total. The Kier molecular flexibility index (Phi) is 5.95. The van der Waals surface area contributed by atoms with Crippen molar-refractivity contribution in [2.75, 3.05) is 0 Å². The van der Waals surface area contributed by atoms with Crippen LogP contribution < -0.4 is 5.73 Å². The molecule has 30 heavy (non-hydrogen) atoms. The fourth-order valence-electron chi connectivity index (χ4n) is 3.55. The van der Waals surface area contributed by atoms with E-state index in [0.29, 0.717) is 29.7 Å². The number of carbonyl (C=O) groups is 1. The number of pyridine rings is 1.